The fraction of sp³-hybridized carbons (Fsp3) is 0.250. The average Bonchev–Trinajstić information content (AvgIpc) is 2.44. The first-order chi connectivity index (χ1) is 9.56. The minimum Gasteiger partial charge on any atom is -0.496 e. The standard InChI is InChI=1S/C16H17F2NO/c1-10-4-5-11(8-14(10)18)16(19-2)13-9-12(17)6-7-15(13)20-3/h4-9,16,19H,1-3H3. The molecule has 20 heavy (non-hydrogen) atoms. The number of halogens is 2. The van der Waals surface area contributed by atoms with Crippen molar-refractivity contribution >= 4 is 0 Å². The van der Waals surface area contributed by atoms with Crippen LogP contribution in [0, 0.1) is 18.6 Å². The molecule has 1 unspecified atom stereocenters. The first kappa shape index (κ1) is 14.5. The summed E-state index contributed by atoms with van der Waals surface area (Å²) in [4.78, 5) is 0. The lowest BCUT2D eigenvalue weighted by atomic mass is 9.97. The molecule has 0 spiro atoms. The Kier molecular flexibility index (Phi) is 4.35. The van der Waals surface area contributed by atoms with Crippen LogP contribution in [0.25, 0.3) is 0 Å². The van der Waals surface area contributed by atoms with E-state index in [4.69, 9.17) is 4.74 Å². The van der Waals surface area contributed by atoms with Crippen molar-refractivity contribution in [3.63, 3.8) is 0 Å². The molecular weight excluding hydrogens is 260 g/mol. The third-order valence-electron chi connectivity index (χ3n) is 3.32. The van der Waals surface area contributed by atoms with Crippen molar-refractivity contribution in [1.29, 1.82) is 0 Å². The van der Waals surface area contributed by atoms with Crippen LogP contribution in [0.2, 0.25) is 0 Å². The van der Waals surface area contributed by atoms with Crippen LogP contribution in [0.5, 0.6) is 5.75 Å². The highest BCUT2D eigenvalue weighted by atomic mass is 19.1. The molecule has 2 aromatic rings. The molecule has 0 fully saturated rings. The van der Waals surface area contributed by atoms with Gasteiger partial charge in [0.2, 0.25) is 0 Å². The van der Waals surface area contributed by atoms with Gasteiger partial charge in [0.1, 0.15) is 17.4 Å². The summed E-state index contributed by atoms with van der Waals surface area (Å²) >= 11 is 0. The molecule has 1 atom stereocenters. The number of nitrogens with one attached hydrogen (secondary N) is 1. The summed E-state index contributed by atoms with van der Waals surface area (Å²) in [6.07, 6.45) is 0. The predicted octanol–water partition coefficient (Wildman–Crippen LogP) is 3.59. The molecule has 4 heteroatoms. The average molecular weight is 277 g/mol. The number of hydrogen-bond acceptors (Lipinski definition) is 2. The zero-order valence-corrected chi connectivity index (χ0v) is 11.7. The molecule has 1 N–H and O–H groups in total. The molecule has 0 radical (unpaired) electrons. The minimum atomic E-state index is -0.353. The number of hydrogen-bond donors (Lipinski definition) is 1. The fourth-order valence-electron chi connectivity index (χ4n) is 2.22. The Morgan fingerprint density at radius 3 is 2.45 bits per heavy atom. The van der Waals surface area contributed by atoms with Crippen molar-refractivity contribution < 1.29 is 13.5 Å². The quantitative estimate of drug-likeness (QED) is 0.922. The molecule has 2 nitrogen and oxygen atoms in total. The van der Waals surface area contributed by atoms with Gasteiger partial charge in [-0.1, -0.05) is 12.1 Å². The predicted molar refractivity (Wildman–Crippen MR) is 75.0 cm³/mol. The molecule has 2 rings (SSSR count). The van der Waals surface area contributed by atoms with Crippen LogP contribution in [0.15, 0.2) is 36.4 Å². The molecule has 0 bridgehead atoms. The summed E-state index contributed by atoms with van der Waals surface area (Å²) in [6, 6.07) is 8.96. The Labute approximate surface area is 117 Å². The van der Waals surface area contributed by atoms with Crippen LogP contribution in [-0.4, -0.2) is 14.2 Å². The normalized spacial score (nSPS) is 12.2. The lowest BCUT2D eigenvalue weighted by Crippen LogP contribution is -2.19. The number of methoxy groups -OCH3 is 1. The zero-order chi connectivity index (χ0) is 14.7. The number of aryl methyl sites for hydroxylation is 1. The summed E-state index contributed by atoms with van der Waals surface area (Å²) in [7, 11) is 3.27. The molecule has 0 aliphatic rings. The molecule has 2 aromatic carbocycles. The van der Waals surface area contributed by atoms with Gasteiger partial charge in [0, 0.05) is 5.56 Å². The van der Waals surface area contributed by atoms with Crippen LogP contribution in [0.3, 0.4) is 0 Å². The second kappa shape index (κ2) is 6.01. The van der Waals surface area contributed by atoms with Gasteiger partial charge in [-0.15, -0.1) is 0 Å². The molecule has 0 saturated carbocycles. The minimum absolute atomic E-state index is 0.280. The highest BCUT2D eigenvalue weighted by molar-refractivity contribution is 5.42. The SMILES string of the molecule is CNC(c1ccc(C)c(F)c1)c1cc(F)ccc1OC. The fourth-order valence-corrected chi connectivity index (χ4v) is 2.22. The lowest BCUT2D eigenvalue weighted by Gasteiger charge is -2.20. The van der Waals surface area contributed by atoms with Crippen LogP contribution >= 0.6 is 0 Å². The summed E-state index contributed by atoms with van der Waals surface area (Å²) in [5.41, 5.74) is 1.94. The van der Waals surface area contributed by atoms with Crippen LogP contribution < -0.4 is 10.1 Å². The molecule has 0 saturated heterocycles. The third-order valence-corrected chi connectivity index (χ3v) is 3.32. The van der Waals surface area contributed by atoms with E-state index in [1.165, 1.54) is 25.3 Å². The van der Waals surface area contributed by atoms with E-state index in [2.05, 4.69) is 5.32 Å². The maximum absolute atomic E-state index is 13.7. The smallest absolute Gasteiger partial charge is 0.126 e. The second-order valence-corrected chi connectivity index (χ2v) is 4.62. The van der Waals surface area contributed by atoms with Gasteiger partial charge in [-0.2, -0.15) is 0 Å². The molecular formula is C16H17F2NO. The van der Waals surface area contributed by atoms with Crippen LogP contribution in [0.4, 0.5) is 8.78 Å². The monoisotopic (exact) mass is 277 g/mol. The van der Waals surface area contributed by atoms with Gasteiger partial charge in [0.05, 0.1) is 13.2 Å². The zero-order valence-electron chi connectivity index (χ0n) is 11.7. The van der Waals surface area contributed by atoms with Gasteiger partial charge in [-0.3, -0.25) is 0 Å². The van der Waals surface area contributed by atoms with Gasteiger partial charge < -0.3 is 10.1 Å². The maximum atomic E-state index is 13.7. The summed E-state index contributed by atoms with van der Waals surface area (Å²) in [5.74, 6) is -0.0708. The second-order valence-electron chi connectivity index (χ2n) is 4.62. The van der Waals surface area contributed by atoms with Crippen LogP contribution in [0.1, 0.15) is 22.7 Å². The number of benzene rings is 2. The third kappa shape index (κ3) is 2.80. The number of rotatable bonds is 4. The van der Waals surface area contributed by atoms with Gasteiger partial charge in [-0.05, 0) is 49.4 Å². The first-order valence-electron chi connectivity index (χ1n) is 6.33. The lowest BCUT2D eigenvalue weighted by molar-refractivity contribution is 0.403. The Morgan fingerprint density at radius 2 is 1.85 bits per heavy atom. The molecule has 0 aliphatic heterocycles. The van der Waals surface area contributed by atoms with Crippen molar-refractivity contribution in [2.45, 2.75) is 13.0 Å². The van der Waals surface area contributed by atoms with Crippen molar-refractivity contribution in [2.24, 2.45) is 0 Å². The van der Waals surface area contributed by atoms with Gasteiger partial charge in [0.25, 0.3) is 0 Å². The largest absolute Gasteiger partial charge is 0.496 e. The topological polar surface area (TPSA) is 21.3 Å². The summed E-state index contributed by atoms with van der Waals surface area (Å²) in [6.45, 7) is 1.70. The van der Waals surface area contributed by atoms with E-state index in [1.54, 1.807) is 26.1 Å². The first-order valence-corrected chi connectivity index (χ1v) is 6.33. The van der Waals surface area contributed by atoms with E-state index in [0.717, 1.165) is 5.56 Å². The van der Waals surface area contributed by atoms with E-state index < -0.39 is 0 Å². The van der Waals surface area contributed by atoms with Crippen molar-refractivity contribution in [3.8, 4) is 5.75 Å². The van der Waals surface area contributed by atoms with E-state index in [1.807, 2.05) is 6.07 Å². The molecule has 0 amide bonds. The molecule has 106 valence electrons. The van der Waals surface area contributed by atoms with Gasteiger partial charge >= 0.3 is 0 Å². The molecule has 0 aliphatic carbocycles. The summed E-state index contributed by atoms with van der Waals surface area (Å²) in [5, 5.41) is 3.07. The van der Waals surface area contributed by atoms with E-state index in [-0.39, 0.29) is 17.7 Å². The van der Waals surface area contributed by atoms with Crippen molar-refractivity contribution in [3.05, 3.63) is 64.7 Å². The Hall–Kier alpha value is -1.94. The molecule has 0 heterocycles. The maximum Gasteiger partial charge on any atom is 0.126 e. The van der Waals surface area contributed by atoms with Crippen LogP contribution in [-0.2, 0) is 0 Å². The van der Waals surface area contributed by atoms with E-state index >= 15 is 0 Å². The molecule has 0 aromatic heterocycles. The summed E-state index contributed by atoms with van der Waals surface area (Å²) < 4.78 is 32.5. The Morgan fingerprint density at radius 1 is 1.10 bits per heavy atom. The van der Waals surface area contributed by atoms with E-state index in [0.29, 0.717) is 16.9 Å². The highest BCUT2D eigenvalue weighted by Gasteiger charge is 2.18. The van der Waals surface area contributed by atoms with Gasteiger partial charge in [0.15, 0.2) is 0 Å². The van der Waals surface area contributed by atoms with Crippen molar-refractivity contribution in [2.75, 3.05) is 14.2 Å². The number of ether oxygens (including phenoxy) is 1. The van der Waals surface area contributed by atoms with E-state index in [9.17, 15) is 8.78 Å². The Bertz CT molecular complexity index is 613. The van der Waals surface area contributed by atoms with Crippen molar-refractivity contribution in [1.82, 2.24) is 5.32 Å². The Balaban J connectivity index is 2.51. The highest BCUT2D eigenvalue weighted by Crippen LogP contribution is 2.31. The van der Waals surface area contributed by atoms with Gasteiger partial charge in [-0.25, -0.2) is 8.78 Å².